The van der Waals surface area contributed by atoms with Crippen molar-refractivity contribution in [2.45, 2.75) is 38.8 Å². The van der Waals surface area contributed by atoms with Crippen LogP contribution in [-0.4, -0.2) is 58.7 Å². The third kappa shape index (κ3) is 3.69. The van der Waals surface area contributed by atoms with E-state index in [0.29, 0.717) is 6.42 Å². The molecule has 2 atom stereocenters. The lowest BCUT2D eigenvalue weighted by atomic mass is 9.65. The summed E-state index contributed by atoms with van der Waals surface area (Å²) in [6.45, 7) is 4.02. The van der Waals surface area contributed by atoms with Crippen molar-refractivity contribution < 1.29 is 22.7 Å². The van der Waals surface area contributed by atoms with Crippen molar-refractivity contribution >= 4 is 16.2 Å². The highest BCUT2D eigenvalue weighted by Gasteiger charge is 2.50. The van der Waals surface area contributed by atoms with E-state index in [9.17, 15) is 13.2 Å². The maximum absolute atomic E-state index is 12.1. The lowest BCUT2D eigenvalue weighted by Gasteiger charge is -2.51. The van der Waals surface area contributed by atoms with E-state index in [1.165, 1.54) is 14.2 Å². The monoisotopic (exact) mass is 308 g/mol. The minimum atomic E-state index is -3.61. The van der Waals surface area contributed by atoms with Gasteiger partial charge in [-0.1, -0.05) is 13.8 Å². The van der Waals surface area contributed by atoms with Crippen LogP contribution in [0.15, 0.2) is 0 Å². The van der Waals surface area contributed by atoms with Crippen molar-refractivity contribution in [1.82, 2.24) is 9.03 Å². The highest BCUT2D eigenvalue weighted by molar-refractivity contribution is 7.87. The third-order valence-electron chi connectivity index (χ3n) is 4.02. The molecule has 1 fully saturated rings. The van der Waals surface area contributed by atoms with Gasteiger partial charge in [0.1, 0.15) is 0 Å². The first kappa shape index (κ1) is 17.4. The van der Waals surface area contributed by atoms with Crippen molar-refractivity contribution in [3.63, 3.8) is 0 Å². The number of ether oxygens (including phenoxy) is 2. The predicted molar refractivity (Wildman–Crippen MR) is 74.3 cm³/mol. The van der Waals surface area contributed by atoms with Crippen LogP contribution in [-0.2, 0) is 24.5 Å². The highest BCUT2D eigenvalue weighted by atomic mass is 32.2. The van der Waals surface area contributed by atoms with Crippen LogP contribution in [0.4, 0.5) is 0 Å². The molecule has 118 valence electrons. The molecule has 0 aromatic rings. The Morgan fingerprint density at radius 2 is 2.00 bits per heavy atom. The van der Waals surface area contributed by atoms with Gasteiger partial charge in [-0.3, -0.25) is 4.79 Å². The normalized spacial score (nSPS) is 25.3. The fourth-order valence-corrected chi connectivity index (χ4v) is 3.50. The molecule has 0 bridgehead atoms. The Hall–Kier alpha value is -0.700. The van der Waals surface area contributed by atoms with Crippen LogP contribution in [0.1, 0.15) is 26.7 Å². The van der Waals surface area contributed by atoms with E-state index in [2.05, 4.69) is 9.46 Å². The summed E-state index contributed by atoms with van der Waals surface area (Å²) >= 11 is 0. The van der Waals surface area contributed by atoms with Gasteiger partial charge in [0.15, 0.2) is 0 Å². The summed E-state index contributed by atoms with van der Waals surface area (Å²) < 4.78 is 37.8. The van der Waals surface area contributed by atoms with E-state index in [-0.39, 0.29) is 30.5 Å². The molecule has 1 N–H and O–H groups in total. The van der Waals surface area contributed by atoms with Gasteiger partial charge in [-0.25, -0.2) is 0 Å². The fourth-order valence-electron chi connectivity index (χ4n) is 2.23. The summed E-state index contributed by atoms with van der Waals surface area (Å²) in [6, 6.07) is -0.168. The first-order valence-electron chi connectivity index (χ1n) is 6.48. The van der Waals surface area contributed by atoms with Crippen LogP contribution < -0.4 is 4.72 Å². The van der Waals surface area contributed by atoms with E-state index in [1.54, 1.807) is 7.11 Å². The number of hydrogen-bond acceptors (Lipinski definition) is 5. The summed E-state index contributed by atoms with van der Waals surface area (Å²) in [6.07, 6.45) is 0.728. The van der Waals surface area contributed by atoms with Gasteiger partial charge in [-0.15, -0.1) is 0 Å². The summed E-state index contributed by atoms with van der Waals surface area (Å²) in [7, 11) is 0.728. The molecule has 1 aliphatic carbocycles. The standard InChI is InChI=1S/C12H24N2O5S/c1-12(2)9(8-10(12)18-4)13-20(16,17)14(3)7-6-11(15)19-5/h9-10,13H,6-8H2,1-5H3. The molecule has 2 unspecified atom stereocenters. The number of esters is 1. The van der Waals surface area contributed by atoms with Crippen molar-refractivity contribution in [1.29, 1.82) is 0 Å². The van der Waals surface area contributed by atoms with Gasteiger partial charge in [0.25, 0.3) is 10.2 Å². The Bertz CT molecular complexity index is 449. The fraction of sp³-hybridized carbons (Fsp3) is 0.917. The number of nitrogens with one attached hydrogen (secondary N) is 1. The van der Waals surface area contributed by atoms with Crippen LogP contribution in [0.2, 0.25) is 0 Å². The van der Waals surface area contributed by atoms with E-state index in [1.807, 2.05) is 13.8 Å². The number of carbonyl (C=O) groups is 1. The zero-order valence-electron chi connectivity index (χ0n) is 12.7. The van der Waals surface area contributed by atoms with E-state index < -0.39 is 16.2 Å². The Morgan fingerprint density at radius 3 is 2.45 bits per heavy atom. The molecule has 0 radical (unpaired) electrons. The Labute approximate surface area is 120 Å². The van der Waals surface area contributed by atoms with E-state index in [4.69, 9.17) is 4.74 Å². The smallest absolute Gasteiger partial charge is 0.306 e. The molecule has 1 rings (SSSR count). The predicted octanol–water partition coefficient (Wildman–Crippen LogP) is 0.129. The minimum absolute atomic E-state index is 0.0304. The molecule has 1 aliphatic rings. The summed E-state index contributed by atoms with van der Waals surface area (Å²) in [5.74, 6) is -0.435. The quantitative estimate of drug-likeness (QED) is 0.676. The van der Waals surface area contributed by atoms with E-state index >= 15 is 0 Å². The van der Waals surface area contributed by atoms with Crippen molar-refractivity contribution in [2.24, 2.45) is 5.41 Å². The maximum Gasteiger partial charge on any atom is 0.306 e. The molecule has 7 nitrogen and oxygen atoms in total. The Balaban J connectivity index is 2.56. The Kier molecular flexibility index (Phi) is 5.54. The zero-order valence-corrected chi connectivity index (χ0v) is 13.5. The number of methoxy groups -OCH3 is 2. The van der Waals surface area contributed by atoms with Crippen LogP contribution in [0, 0.1) is 5.41 Å². The summed E-state index contributed by atoms with van der Waals surface area (Å²) in [5, 5.41) is 0. The Morgan fingerprint density at radius 1 is 1.40 bits per heavy atom. The second kappa shape index (κ2) is 6.38. The maximum atomic E-state index is 12.1. The van der Waals surface area contributed by atoms with Crippen molar-refractivity contribution in [3.05, 3.63) is 0 Å². The zero-order chi connectivity index (χ0) is 15.6. The highest BCUT2D eigenvalue weighted by Crippen LogP contribution is 2.42. The molecule has 0 aliphatic heterocycles. The topological polar surface area (TPSA) is 84.9 Å². The largest absolute Gasteiger partial charge is 0.469 e. The van der Waals surface area contributed by atoms with Crippen molar-refractivity contribution in [2.75, 3.05) is 27.8 Å². The van der Waals surface area contributed by atoms with Gasteiger partial charge in [-0.2, -0.15) is 17.4 Å². The van der Waals surface area contributed by atoms with Gasteiger partial charge >= 0.3 is 5.97 Å². The van der Waals surface area contributed by atoms with Gasteiger partial charge in [0.05, 0.1) is 19.6 Å². The van der Waals surface area contributed by atoms with Gasteiger partial charge < -0.3 is 9.47 Å². The van der Waals surface area contributed by atoms with Crippen LogP contribution in [0.3, 0.4) is 0 Å². The SMILES string of the molecule is COC(=O)CCN(C)S(=O)(=O)NC1CC(OC)C1(C)C. The van der Waals surface area contributed by atoms with Gasteiger partial charge in [0, 0.05) is 32.2 Å². The second-order valence-electron chi connectivity index (χ2n) is 5.60. The van der Waals surface area contributed by atoms with Crippen molar-refractivity contribution in [3.8, 4) is 0 Å². The first-order valence-corrected chi connectivity index (χ1v) is 7.92. The minimum Gasteiger partial charge on any atom is -0.469 e. The second-order valence-corrected chi connectivity index (χ2v) is 7.41. The van der Waals surface area contributed by atoms with Crippen LogP contribution >= 0.6 is 0 Å². The number of carbonyl (C=O) groups excluding carboxylic acids is 1. The lowest BCUT2D eigenvalue weighted by Crippen LogP contribution is -2.63. The number of rotatable bonds is 7. The van der Waals surface area contributed by atoms with Crippen LogP contribution in [0.5, 0.6) is 0 Å². The summed E-state index contributed by atoms with van der Waals surface area (Å²) in [4.78, 5) is 11.0. The molecular weight excluding hydrogens is 284 g/mol. The molecule has 1 saturated carbocycles. The van der Waals surface area contributed by atoms with Gasteiger partial charge in [0.2, 0.25) is 0 Å². The molecule has 0 heterocycles. The van der Waals surface area contributed by atoms with Crippen LogP contribution in [0.25, 0.3) is 0 Å². The number of hydrogen-bond donors (Lipinski definition) is 1. The average molecular weight is 308 g/mol. The molecule has 8 heteroatoms. The molecule has 0 saturated heterocycles. The molecular formula is C12H24N2O5S. The summed E-state index contributed by atoms with van der Waals surface area (Å²) in [5.41, 5.74) is -0.245. The van der Waals surface area contributed by atoms with E-state index in [0.717, 1.165) is 4.31 Å². The molecule has 0 aromatic heterocycles. The average Bonchev–Trinajstić information content (AvgIpc) is 2.39. The lowest BCUT2D eigenvalue weighted by molar-refractivity contribution is -0.140. The molecule has 0 amide bonds. The third-order valence-corrected chi connectivity index (χ3v) is 5.61. The number of nitrogens with zero attached hydrogens (tertiary/aromatic N) is 1. The molecule has 20 heavy (non-hydrogen) atoms. The molecule has 0 aromatic carbocycles. The first-order chi connectivity index (χ1) is 9.15. The van der Waals surface area contributed by atoms with Gasteiger partial charge in [-0.05, 0) is 6.42 Å². The molecule has 0 spiro atoms.